The number of carboxylic acid groups (broad SMARTS) is 1. The van der Waals surface area contributed by atoms with Gasteiger partial charge in [0.1, 0.15) is 5.56 Å². The second-order valence-electron chi connectivity index (χ2n) is 4.68. The van der Waals surface area contributed by atoms with Gasteiger partial charge in [0, 0.05) is 24.1 Å². The zero-order chi connectivity index (χ0) is 14.7. The number of carboxylic acids is 1. The average Bonchev–Trinajstić information content (AvgIpc) is 2.41. The largest absolute Gasteiger partial charge is 0.478 e. The predicted octanol–water partition coefficient (Wildman–Crippen LogP) is 3.55. The van der Waals surface area contributed by atoms with E-state index in [2.05, 4.69) is 4.98 Å². The van der Waals surface area contributed by atoms with E-state index in [1.165, 1.54) is 6.20 Å². The van der Waals surface area contributed by atoms with Crippen LogP contribution >= 0.6 is 0 Å². The van der Waals surface area contributed by atoms with Gasteiger partial charge in [0.15, 0.2) is 0 Å². The zero-order valence-corrected chi connectivity index (χ0v) is 11.9. The number of aromatic nitrogens is 1. The summed E-state index contributed by atoms with van der Waals surface area (Å²) in [6, 6.07) is 9.77. The average molecular weight is 270 g/mol. The van der Waals surface area contributed by atoms with Gasteiger partial charge in [-0.2, -0.15) is 0 Å². The Labute approximate surface area is 118 Å². The van der Waals surface area contributed by atoms with E-state index in [0.29, 0.717) is 12.2 Å². The number of para-hydroxylation sites is 1. The second-order valence-corrected chi connectivity index (χ2v) is 4.68. The van der Waals surface area contributed by atoms with Gasteiger partial charge in [0.2, 0.25) is 0 Å². The molecule has 0 aliphatic rings. The van der Waals surface area contributed by atoms with Gasteiger partial charge in [-0.25, -0.2) is 4.79 Å². The molecule has 0 aliphatic carbocycles. The van der Waals surface area contributed by atoms with Crippen molar-refractivity contribution in [2.24, 2.45) is 0 Å². The van der Waals surface area contributed by atoms with Crippen molar-refractivity contribution in [2.45, 2.75) is 20.8 Å². The summed E-state index contributed by atoms with van der Waals surface area (Å²) in [5.74, 6) is -0.959. The molecule has 1 aromatic carbocycles. The maximum absolute atomic E-state index is 11.4. The molecule has 1 N–H and O–H groups in total. The number of anilines is 2. The summed E-state index contributed by atoms with van der Waals surface area (Å²) >= 11 is 0. The first-order valence-electron chi connectivity index (χ1n) is 6.57. The van der Waals surface area contributed by atoms with Crippen LogP contribution in [0.3, 0.4) is 0 Å². The smallest absolute Gasteiger partial charge is 0.339 e. The Kier molecular flexibility index (Phi) is 4.03. The highest BCUT2D eigenvalue weighted by molar-refractivity contribution is 5.95. The molecule has 1 aromatic heterocycles. The van der Waals surface area contributed by atoms with Gasteiger partial charge < -0.3 is 10.0 Å². The highest BCUT2D eigenvalue weighted by atomic mass is 16.4. The van der Waals surface area contributed by atoms with Crippen molar-refractivity contribution in [2.75, 3.05) is 11.4 Å². The van der Waals surface area contributed by atoms with E-state index in [-0.39, 0.29) is 5.56 Å². The van der Waals surface area contributed by atoms with Gasteiger partial charge in [0.25, 0.3) is 0 Å². The molecule has 4 nitrogen and oxygen atoms in total. The maximum Gasteiger partial charge on any atom is 0.339 e. The Bertz CT molecular complexity index is 638. The molecular formula is C16H18N2O2. The van der Waals surface area contributed by atoms with Crippen LogP contribution in [0.1, 0.15) is 28.5 Å². The Morgan fingerprint density at radius 1 is 1.25 bits per heavy atom. The number of aromatic carboxylic acids is 1. The van der Waals surface area contributed by atoms with E-state index in [9.17, 15) is 9.90 Å². The molecule has 0 spiro atoms. The van der Waals surface area contributed by atoms with E-state index in [1.54, 1.807) is 0 Å². The first-order chi connectivity index (χ1) is 9.54. The standard InChI is InChI=1S/C16H18N2O2/c1-4-18(14-8-6-5-7-11(14)2)15-9-12(3)17-10-13(15)16(19)20/h5-10H,4H2,1-3H3,(H,19,20). The first kappa shape index (κ1) is 14.1. The fraction of sp³-hybridized carbons (Fsp3) is 0.250. The minimum Gasteiger partial charge on any atom is -0.478 e. The molecule has 0 radical (unpaired) electrons. The van der Waals surface area contributed by atoms with Crippen LogP contribution < -0.4 is 4.90 Å². The molecule has 0 saturated carbocycles. The molecule has 0 amide bonds. The highest BCUT2D eigenvalue weighted by Gasteiger charge is 2.18. The van der Waals surface area contributed by atoms with Gasteiger partial charge in [-0.1, -0.05) is 18.2 Å². The number of nitrogens with zero attached hydrogens (tertiary/aromatic N) is 2. The number of pyridine rings is 1. The summed E-state index contributed by atoms with van der Waals surface area (Å²) in [7, 11) is 0. The number of hydrogen-bond donors (Lipinski definition) is 1. The van der Waals surface area contributed by atoms with Crippen LogP contribution in [0.2, 0.25) is 0 Å². The minimum atomic E-state index is -0.959. The number of hydrogen-bond acceptors (Lipinski definition) is 3. The molecule has 0 saturated heterocycles. The van der Waals surface area contributed by atoms with Crippen molar-refractivity contribution in [3.63, 3.8) is 0 Å². The fourth-order valence-electron chi connectivity index (χ4n) is 2.27. The molecule has 104 valence electrons. The van der Waals surface area contributed by atoms with E-state index in [1.807, 2.05) is 56.0 Å². The van der Waals surface area contributed by atoms with Crippen molar-refractivity contribution in [1.29, 1.82) is 0 Å². The third-order valence-electron chi connectivity index (χ3n) is 3.26. The summed E-state index contributed by atoms with van der Waals surface area (Å²) in [6.07, 6.45) is 1.42. The Morgan fingerprint density at radius 3 is 2.55 bits per heavy atom. The number of aryl methyl sites for hydroxylation is 2. The van der Waals surface area contributed by atoms with Crippen molar-refractivity contribution < 1.29 is 9.90 Å². The lowest BCUT2D eigenvalue weighted by Gasteiger charge is -2.26. The van der Waals surface area contributed by atoms with Crippen LogP contribution in [-0.4, -0.2) is 22.6 Å². The molecule has 0 atom stereocenters. The van der Waals surface area contributed by atoms with Crippen molar-refractivity contribution >= 4 is 17.3 Å². The summed E-state index contributed by atoms with van der Waals surface area (Å²) in [6.45, 7) is 6.58. The Morgan fingerprint density at radius 2 is 1.95 bits per heavy atom. The van der Waals surface area contributed by atoms with Crippen LogP contribution in [0, 0.1) is 13.8 Å². The monoisotopic (exact) mass is 270 g/mol. The first-order valence-corrected chi connectivity index (χ1v) is 6.57. The number of carbonyl (C=O) groups is 1. The van der Waals surface area contributed by atoms with Crippen LogP contribution in [0.5, 0.6) is 0 Å². The molecule has 0 fully saturated rings. The molecule has 1 heterocycles. The van der Waals surface area contributed by atoms with Gasteiger partial charge in [-0.05, 0) is 38.5 Å². The maximum atomic E-state index is 11.4. The number of benzene rings is 1. The molecule has 0 bridgehead atoms. The van der Waals surface area contributed by atoms with Crippen LogP contribution in [0.25, 0.3) is 0 Å². The summed E-state index contributed by atoms with van der Waals surface area (Å²) in [5, 5.41) is 9.35. The predicted molar refractivity (Wildman–Crippen MR) is 79.8 cm³/mol. The van der Waals surface area contributed by atoms with E-state index in [4.69, 9.17) is 0 Å². The highest BCUT2D eigenvalue weighted by Crippen LogP contribution is 2.30. The van der Waals surface area contributed by atoms with Crippen molar-refractivity contribution in [3.8, 4) is 0 Å². The molecule has 0 unspecified atom stereocenters. The van der Waals surface area contributed by atoms with Gasteiger partial charge in [-0.15, -0.1) is 0 Å². The lowest BCUT2D eigenvalue weighted by molar-refractivity contribution is 0.0697. The van der Waals surface area contributed by atoms with E-state index < -0.39 is 5.97 Å². The quantitative estimate of drug-likeness (QED) is 0.923. The minimum absolute atomic E-state index is 0.223. The summed E-state index contributed by atoms with van der Waals surface area (Å²) in [4.78, 5) is 17.5. The molecular weight excluding hydrogens is 252 g/mol. The van der Waals surface area contributed by atoms with Crippen molar-refractivity contribution in [1.82, 2.24) is 4.98 Å². The number of rotatable bonds is 4. The van der Waals surface area contributed by atoms with E-state index in [0.717, 1.165) is 16.9 Å². The van der Waals surface area contributed by atoms with Crippen molar-refractivity contribution in [3.05, 3.63) is 53.3 Å². The van der Waals surface area contributed by atoms with Gasteiger partial charge in [0.05, 0.1) is 5.69 Å². The molecule has 2 rings (SSSR count). The summed E-state index contributed by atoms with van der Waals surface area (Å²) in [5.41, 5.74) is 3.84. The molecule has 20 heavy (non-hydrogen) atoms. The Balaban J connectivity index is 2.60. The normalized spacial score (nSPS) is 10.3. The topological polar surface area (TPSA) is 53.4 Å². The summed E-state index contributed by atoms with van der Waals surface area (Å²) < 4.78 is 0. The van der Waals surface area contributed by atoms with Crippen LogP contribution in [0.4, 0.5) is 11.4 Å². The molecule has 0 aliphatic heterocycles. The third kappa shape index (κ3) is 2.64. The lowest BCUT2D eigenvalue weighted by Crippen LogP contribution is -2.20. The fourth-order valence-corrected chi connectivity index (χ4v) is 2.27. The zero-order valence-electron chi connectivity index (χ0n) is 11.9. The third-order valence-corrected chi connectivity index (χ3v) is 3.26. The SMILES string of the molecule is CCN(c1ccccc1C)c1cc(C)ncc1C(=O)O. The van der Waals surface area contributed by atoms with Crippen LogP contribution in [0.15, 0.2) is 36.5 Å². The van der Waals surface area contributed by atoms with Gasteiger partial charge >= 0.3 is 5.97 Å². The van der Waals surface area contributed by atoms with Gasteiger partial charge in [-0.3, -0.25) is 4.98 Å². The lowest BCUT2D eigenvalue weighted by atomic mass is 10.1. The Hall–Kier alpha value is -2.36. The molecule has 2 aromatic rings. The van der Waals surface area contributed by atoms with Crippen LogP contribution in [-0.2, 0) is 0 Å². The van der Waals surface area contributed by atoms with E-state index >= 15 is 0 Å². The molecule has 4 heteroatoms. The second kappa shape index (κ2) is 5.74.